The highest BCUT2D eigenvalue weighted by Crippen LogP contribution is 1.94. The second-order valence-corrected chi connectivity index (χ2v) is 2.37. The van der Waals surface area contributed by atoms with Crippen LogP contribution < -0.4 is 4.72 Å². The van der Waals surface area contributed by atoms with Crippen molar-refractivity contribution in [3.8, 4) is 0 Å². The highest BCUT2D eigenvalue weighted by Gasteiger charge is 2.13. The smallest absolute Gasteiger partial charge is 0.191 e. The SMILES string of the molecule is CC1=N[S+]([O-])NC1. The first-order chi connectivity index (χ1) is 3.29. The van der Waals surface area contributed by atoms with Gasteiger partial charge in [0.05, 0.1) is 12.3 Å². The van der Waals surface area contributed by atoms with Crippen molar-refractivity contribution >= 4 is 17.3 Å². The summed E-state index contributed by atoms with van der Waals surface area (Å²) in [5.41, 5.74) is 0.915. The van der Waals surface area contributed by atoms with Gasteiger partial charge in [-0.1, -0.05) is 0 Å². The fraction of sp³-hybridized carbons (Fsp3) is 0.667. The molecule has 40 valence electrons. The minimum absolute atomic E-state index is 0.673. The molecule has 3 nitrogen and oxygen atoms in total. The van der Waals surface area contributed by atoms with Crippen molar-refractivity contribution in [3.63, 3.8) is 0 Å². The molecule has 4 heteroatoms. The van der Waals surface area contributed by atoms with E-state index < -0.39 is 11.5 Å². The van der Waals surface area contributed by atoms with Crippen LogP contribution in [0.4, 0.5) is 0 Å². The maximum absolute atomic E-state index is 10.3. The van der Waals surface area contributed by atoms with Gasteiger partial charge in [0, 0.05) is 0 Å². The highest BCUT2D eigenvalue weighted by molar-refractivity contribution is 7.88. The number of hydrogen-bond donors (Lipinski definition) is 1. The molecule has 1 unspecified atom stereocenters. The van der Waals surface area contributed by atoms with Gasteiger partial charge in [-0.25, -0.2) is 0 Å². The lowest BCUT2D eigenvalue weighted by Crippen LogP contribution is -2.16. The summed E-state index contributed by atoms with van der Waals surface area (Å²) in [5, 5.41) is 0. The molecule has 0 spiro atoms. The lowest BCUT2D eigenvalue weighted by molar-refractivity contribution is 0.590. The molecule has 0 aromatic heterocycles. The van der Waals surface area contributed by atoms with Gasteiger partial charge in [0.15, 0.2) is 11.5 Å². The molecule has 1 heterocycles. The maximum Gasteiger partial charge on any atom is 0.191 e. The lowest BCUT2D eigenvalue weighted by Gasteiger charge is -1.89. The molecular formula is C3H6N2OS. The fourth-order valence-electron chi connectivity index (χ4n) is 0.372. The zero-order chi connectivity index (χ0) is 5.28. The van der Waals surface area contributed by atoms with E-state index >= 15 is 0 Å². The molecule has 0 radical (unpaired) electrons. The predicted molar refractivity (Wildman–Crippen MR) is 29.3 cm³/mol. The van der Waals surface area contributed by atoms with Crippen LogP contribution in [-0.4, -0.2) is 16.8 Å². The van der Waals surface area contributed by atoms with Crippen LogP contribution in [-0.2, 0) is 11.5 Å². The number of hydrogen-bond acceptors (Lipinski definition) is 3. The summed E-state index contributed by atoms with van der Waals surface area (Å²) in [6.45, 7) is 2.52. The van der Waals surface area contributed by atoms with Crippen molar-refractivity contribution in [2.24, 2.45) is 4.40 Å². The van der Waals surface area contributed by atoms with Crippen LogP contribution in [0.25, 0.3) is 0 Å². The van der Waals surface area contributed by atoms with Crippen LogP contribution in [0.1, 0.15) is 6.92 Å². The molecule has 0 saturated heterocycles. The topological polar surface area (TPSA) is 47.5 Å². The van der Waals surface area contributed by atoms with Crippen LogP contribution in [0, 0.1) is 0 Å². The molecule has 1 rings (SSSR count). The van der Waals surface area contributed by atoms with E-state index in [0.717, 1.165) is 5.71 Å². The van der Waals surface area contributed by atoms with E-state index in [9.17, 15) is 4.55 Å². The van der Waals surface area contributed by atoms with Crippen LogP contribution in [0.2, 0.25) is 0 Å². The molecule has 1 aliphatic rings. The average molecular weight is 118 g/mol. The Morgan fingerprint density at radius 1 is 2.00 bits per heavy atom. The van der Waals surface area contributed by atoms with Crippen molar-refractivity contribution in [2.45, 2.75) is 6.92 Å². The minimum atomic E-state index is -1.11. The van der Waals surface area contributed by atoms with Gasteiger partial charge in [-0.3, -0.25) is 0 Å². The fourth-order valence-corrected chi connectivity index (χ4v) is 1.12. The third kappa shape index (κ3) is 1.15. The molecule has 7 heavy (non-hydrogen) atoms. The largest absolute Gasteiger partial charge is 0.572 e. The van der Waals surface area contributed by atoms with E-state index in [0.29, 0.717) is 6.54 Å². The van der Waals surface area contributed by atoms with Gasteiger partial charge < -0.3 is 4.55 Å². The lowest BCUT2D eigenvalue weighted by atomic mass is 10.5. The van der Waals surface area contributed by atoms with Crippen molar-refractivity contribution < 1.29 is 4.55 Å². The van der Waals surface area contributed by atoms with Crippen LogP contribution in [0.15, 0.2) is 4.40 Å². The predicted octanol–water partition coefficient (Wildman–Crippen LogP) is -0.371. The van der Waals surface area contributed by atoms with Gasteiger partial charge in [0.1, 0.15) is 0 Å². The van der Waals surface area contributed by atoms with E-state index in [2.05, 4.69) is 9.12 Å². The Labute approximate surface area is 45.3 Å². The van der Waals surface area contributed by atoms with E-state index in [4.69, 9.17) is 0 Å². The zero-order valence-electron chi connectivity index (χ0n) is 3.97. The molecule has 0 aromatic carbocycles. The minimum Gasteiger partial charge on any atom is -0.572 e. The van der Waals surface area contributed by atoms with E-state index in [1.54, 1.807) is 0 Å². The average Bonchev–Trinajstić information content (AvgIpc) is 1.87. The van der Waals surface area contributed by atoms with Crippen molar-refractivity contribution in [2.75, 3.05) is 6.54 Å². The first-order valence-electron chi connectivity index (χ1n) is 1.98. The monoisotopic (exact) mass is 118 g/mol. The summed E-state index contributed by atoms with van der Waals surface area (Å²) in [7, 11) is 0. The Morgan fingerprint density at radius 2 is 2.71 bits per heavy atom. The van der Waals surface area contributed by atoms with E-state index in [1.165, 1.54) is 0 Å². The summed E-state index contributed by atoms with van der Waals surface area (Å²) in [5.74, 6) is 0. The van der Waals surface area contributed by atoms with Crippen molar-refractivity contribution in [1.82, 2.24) is 4.72 Å². The standard InChI is InChI=1S/C3H6N2OS/c1-3-2-4-7(6)5-3/h4H,2H2,1H3. The van der Waals surface area contributed by atoms with Gasteiger partial charge in [-0.15, -0.1) is 4.72 Å². The molecule has 1 atom stereocenters. The summed E-state index contributed by atoms with van der Waals surface area (Å²) >= 11 is -1.11. The second-order valence-electron chi connectivity index (χ2n) is 1.40. The number of nitrogens with zero attached hydrogens (tertiary/aromatic N) is 1. The molecular weight excluding hydrogens is 112 g/mol. The molecule has 0 fully saturated rings. The molecule has 0 aromatic rings. The first-order valence-corrected chi connectivity index (χ1v) is 3.09. The summed E-state index contributed by atoms with van der Waals surface area (Å²) < 4.78 is 16.6. The van der Waals surface area contributed by atoms with Gasteiger partial charge >= 0.3 is 0 Å². The number of rotatable bonds is 0. The van der Waals surface area contributed by atoms with Crippen LogP contribution in [0.3, 0.4) is 0 Å². The Morgan fingerprint density at radius 3 is 2.86 bits per heavy atom. The first kappa shape index (κ1) is 5.08. The van der Waals surface area contributed by atoms with Gasteiger partial charge in [-0.2, -0.15) is 0 Å². The number of nitrogens with one attached hydrogen (secondary N) is 1. The summed E-state index contributed by atoms with van der Waals surface area (Å²) in [6, 6.07) is 0. The third-order valence-electron chi connectivity index (χ3n) is 0.690. The van der Waals surface area contributed by atoms with Crippen LogP contribution >= 0.6 is 0 Å². The van der Waals surface area contributed by atoms with Crippen LogP contribution in [0.5, 0.6) is 0 Å². The normalized spacial score (nSPS) is 30.6. The van der Waals surface area contributed by atoms with Crippen molar-refractivity contribution in [3.05, 3.63) is 0 Å². The molecule has 1 N–H and O–H groups in total. The van der Waals surface area contributed by atoms with E-state index in [-0.39, 0.29) is 0 Å². The van der Waals surface area contributed by atoms with Gasteiger partial charge in [-0.05, 0) is 11.3 Å². The highest BCUT2D eigenvalue weighted by atomic mass is 32.2. The molecule has 0 amide bonds. The van der Waals surface area contributed by atoms with Crippen molar-refractivity contribution in [1.29, 1.82) is 0 Å². The summed E-state index contributed by atoms with van der Waals surface area (Å²) in [4.78, 5) is 0. The van der Waals surface area contributed by atoms with Gasteiger partial charge in [0.2, 0.25) is 0 Å². The van der Waals surface area contributed by atoms with Gasteiger partial charge in [0.25, 0.3) is 0 Å². The molecule has 0 aliphatic carbocycles. The quantitative estimate of drug-likeness (QED) is 0.441. The summed E-state index contributed by atoms with van der Waals surface area (Å²) in [6.07, 6.45) is 0. The zero-order valence-corrected chi connectivity index (χ0v) is 4.79. The Hall–Kier alpha value is -0.0600. The third-order valence-corrected chi connectivity index (χ3v) is 1.56. The molecule has 0 saturated carbocycles. The maximum atomic E-state index is 10.3. The molecule has 1 aliphatic heterocycles. The van der Waals surface area contributed by atoms with E-state index in [1.807, 2.05) is 6.92 Å². The Kier molecular flexibility index (Phi) is 1.32. The second kappa shape index (κ2) is 1.81. The Bertz CT molecular complexity index is 103. The molecule has 0 bridgehead atoms. The Balaban J connectivity index is 2.50.